The van der Waals surface area contributed by atoms with Crippen LogP contribution >= 0.6 is 0 Å². The van der Waals surface area contributed by atoms with Gasteiger partial charge in [0.2, 0.25) is 0 Å². The van der Waals surface area contributed by atoms with Crippen molar-refractivity contribution >= 4 is 0 Å². The van der Waals surface area contributed by atoms with Gasteiger partial charge in [-0.3, -0.25) is 4.90 Å². The lowest BCUT2D eigenvalue weighted by molar-refractivity contribution is 0.0961. The van der Waals surface area contributed by atoms with Crippen LogP contribution in [-0.4, -0.2) is 44.3 Å². The molecule has 1 aliphatic heterocycles. The number of nitrogens with two attached hydrogens (primary N) is 1. The molecule has 2 N–H and O–H groups in total. The van der Waals surface area contributed by atoms with Gasteiger partial charge in [0, 0.05) is 32.8 Å². The molecule has 0 aromatic rings. The summed E-state index contributed by atoms with van der Waals surface area (Å²) in [6, 6.07) is 0.418. The van der Waals surface area contributed by atoms with Crippen LogP contribution in [0.25, 0.3) is 0 Å². The molecule has 0 aromatic carbocycles. The van der Waals surface area contributed by atoms with E-state index in [0.29, 0.717) is 6.04 Å². The average Bonchev–Trinajstić information content (AvgIpc) is 1.78. The molecule has 0 bridgehead atoms. The number of rotatable bonds is 3. The summed E-state index contributed by atoms with van der Waals surface area (Å²) in [6.07, 6.45) is 0. The molecule has 54 valence electrons. The van der Waals surface area contributed by atoms with Crippen molar-refractivity contribution in [2.75, 3.05) is 33.4 Å². The molecule has 0 amide bonds. The van der Waals surface area contributed by atoms with Gasteiger partial charge in [0.25, 0.3) is 0 Å². The lowest BCUT2D eigenvalue weighted by Gasteiger charge is -2.36. The number of nitrogens with zero attached hydrogens (tertiary/aromatic N) is 1. The first kappa shape index (κ1) is 6.99. The molecule has 0 unspecified atom stereocenters. The van der Waals surface area contributed by atoms with Crippen molar-refractivity contribution in [3.05, 3.63) is 0 Å². The highest BCUT2D eigenvalue weighted by Gasteiger charge is 2.21. The minimum absolute atomic E-state index is 0.418. The van der Waals surface area contributed by atoms with Crippen molar-refractivity contribution in [3.8, 4) is 0 Å². The SMILES string of the molecule is COCCN1CC(N)C1. The quantitative estimate of drug-likeness (QED) is 0.547. The van der Waals surface area contributed by atoms with Gasteiger partial charge >= 0.3 is 0 Å². The maximum atomic E-state index is 5.56. The summed E-state index contributed by atoms with van der Waals surface area (Å²) in [7, 11) is 1.72. The smallest absolute Gasteiger partial charge is 0.0589 e. The van der Waals surface area contributed by atoms with E-state index in [2.05, 4.69) is 4.90 Å². The third-order valence-electron chi connectivity index (χ3n) is 1.60. The fourth-order valence-electron chi connectivity index (χ4n) is 1.01. The number of hydrogen-bond acceptors (Lipinski definition) is 3. The molecule has 0 radical (unpaired) electrons. The molecule has 1 aliphatic rings. The Kier molecular flexibility index (Phi) is 2.45. The van der Waals surface area contributed by atoms with E-state index in [1.807, 2.05) is 0 Å². The van der Waals surface area contributed by atoms with Gasteiger partial charge in [-0.2, -0.15) is 0 Å². The van der Waals surface area contributed by atoms with Gasteiger partial charge in [-0.1, -0.05) is 0 Å². The summed E-state index contributed by atoms with van der Waals surface area (Å²) in [6.45, 7) is 3.95. The second-order valence-corrected chi connectivity index (χ2v) is 2.51. The lowest BCUT2D eigenvalue weighted by atomic mass is 10.1. The molecule has 9 heavy (non-hydrogen) atoms. The van der Waals surface area contributed by atoms with Gasteiger partial charge < -0.3 is 10.5 Å². The van der Waals surface area contributed by atoms with Crippen LogP contribution in [0.1, 0.15) is 0 Å². The van der Waals surface area contributed by atoms with E-state index in [0.717, 1.165) is 26.2 Å². The van der Waals surface area contributed by atoms with Crippen LogP contribution in [0.3, 0.4) is 0 Å². The van der Waals surface area contributed by atoms with Gasteiger partial charge in [-0.25, -0.2) is 0 Å². The summed E-state index contributed by atoms with van der Waals surface area (Å²) >= 11 is 0. The molecule has 1 heterocycles. The van der Waals surface area contributed by atoms with Crippen molar-refractivity contribution in [2.24, 2.45) is 5.73 Å². The first-order valence-corrected chi connectivity index (χ1v) is 3.30. The van der Waals surface area contributed by atoms with Crippen molar-refractivity contribution in [2.45, 2.75) is 6.04 Å². The zero-order valence-corrected chi connectivity index (χ0v) is 5.84. The minimum Gasteiger partial charge on any atom is -0.383 e. The summed E-state index contributed by atoms with van der Waals surface area (Å²) in [5, 5.41) is 0. The molecule has 3 heteroatoms. The van der Waals surface area contributed by atoms with Crippen molar-refractivity contribution in [3.63, 3.8) is 0 Å². The fourth-order valence-corrected chi connectivity index (χ4v) is 1.01. The van der Waals surface area contributed by atoms with E-state index in [1.165, 1.54) is 0 Å². The molecule has 0 aromatic heterocycles. The molecular formula is C6H14N2O. The third-order valence-corrected chi connectivity index (χ3v) is 1.60. The first-order valence-electron chi connectivity index (χ1n) is 3.30. The van der Waals surface area contributed by atoms with Crippen LogP contribution in [-0.2, 0) is 4.74 Å². The molecular weight excluding hydrogens is 116 g/mol. The molecule has 1 rings (SSSR count). The van der Waals surface area contributed by atoms with Gasteiger partial charge in [0.1, 0.15) is 0 Å². The van der Waals surface area contributed by atoms with Crippen LogP contribution in [0.2, 0.25) is 0 Å². The molecule has 3 nitrogen and oxygen atoms in total. The number of methoxy groups -OCH3 is 1. The topological polar surface area (TPSA) is 38.5 Å². The van der Waals surface area contributed by atoms with E-state index in [9.17, 15) is 0 Å². The van der Waals surface area contributed by atoms with E-state index >= 15 is 0 Å². The Balaban J connectivity index is 1.91. The second kappa shape index (κ2) is 3.15. The Labute approximate surface area is 55.8 Å². The predicted molar refractivity (Wildman–Crippen MR) is 36.3 cm³/mol. The third kappa shape index (κ3) is 1.93. The maximum Gasteiger partial charge on any atom is 0.0589 e. The zero-order valence-electron chi connectivity index (χ0n) is 5.84. The van der Waals surface area contributed by atoms with Crippen LogP contribution in [0.5, 0.6) is 0 Å². The van der Waals surface area contributed by atoms with Crippen LogP contribution < -0.4 is 5.73 Å². The first-order chi connectivity index (χ1) is 4.33. The summed E-state index contributed by atoms with van der Waals surface area (Å²) in [4.78, 5) is 2.29. The molecule has 1 fully saturated rings. The highest BCUT2D eigenvalue weighted by atomic mass is 16.5. The summed E-state index contributed by atoms with van der Waals surface area (Å²) in [5.74, 6) is 0. The van der Waals surface area contributed by atoms with E-state index in [1.54, 1.807) is 7.11 Å². The average molecular weight is 130 g/mol. The van der Waals surface area contributed by atoms with Crippen molar-refractivity contribution in [1.82, 2.24) is 4.90 Å². The Morgan fingerprint density at radius 1 is 1.67 bits per heavy atom. The highest BCUT2D eigenvalue weighted by Crippen LogP contribution is 2.02. The van der Waals surface area contributed by atoms with Gasteiger partial charge in [-0.15, -0.1) is 0 Å². The Morgan fingerprint density at radius 3 is 2.78 bits per heavy atom. The zero-order chi connectivity index (χ0) is 6.69. The van der Waals surface area contributed by atoms with E-state index in [-0.39, 0.29) is 0 Å². The number of ether oxygens (including phenoxy) is 1. The minimum atomic E-state index is 0.418. The molecule has 1 saturated heterocycles. The van der Waals surface area contributed by atoms with Gasteiger partial charge in [-0.05, 0) is 0 Å². The summed E-state index contributed by atoms with van der Waals surface area (Å²) < 4.78 is 4.90. The second-order valence-electron chi connectivity index (χ2n) is 2.51. The molecule has 0 saturated carbocycles. The van der Waals surface area contributed by atoms with Gasteiger partial charge in [0.15, 0.2) is 0 Å². The maximum absolute atomic E-state index is 5.56. The largest absolute Gasteiger partial charge is 0.383 e. The van der Waals surface area contributed by atoms with Crippen molar-refractivity contribution < 1.29 is 4.74 Å². The molecule has 0 atom stereocenters. The monoisotopic (exact) mass is 130 g/mol. The number of hydrogen-bond donors (Lipinski definition) is 1. The highest BCUT2D eigenvalue weighted by molar-refractivity contribution is 4.81. The van der Waals surface area contributed by atoms with Crippen molar-refractivity contribution in [1.29, 1.82) is 0 Å². The van der Waals surface area contributed by atoms with Crippen LogP contribution in [0, 0.1) is 0 Å². The normalized spacial score (nSPS) is 22.0. The summed E-state index contributed by atoms with van der Waals surface area (Å²) in [5.41, 5.74) is 5.56. The molecule has 0 aliphatic carbocycles. The van der Waals surface area contributed by atoms with E-state index < -0.39 is 0 Å². The number of likely N-dealkylation sites (tertiary alicyclic amines) is 1. The van der Waals surface area contributed by atoms with Gasteiger partial charge in [0.05, 0.1) is 6.61 Å². The molecule has 0 spiro atoms. The Bertz CT molecular complexity index is 81.1. The fraction of sp³-hybridized carbons (Fsp3) is 1.00. The lowest BCUT2D eigenvalue weighted by Crippen LogP contribution is -2.56. The van der Waals surface area contributed by atoms with E-state index in [4.69, 9.17) is 10.5 Å². The van der Waals surface area contributed by atoms with Crippen LogP contribution in [0.15, 0.2) is 0 Å². The Morgan fingerprint density at radius 2 is 2.33 bits per heavy atom. The predicted octanol–water partition coefficient (Wildman–Crippen LogP) is -0.724. The van der Waals surface area contributed by atoms with Crippen LogP contribution in [0.4, 0.5) is 0 Å². The Hall–Kier alpha value is -0.120. The standard InChI is InChI=1S/C6H14N2O/c1-9-3-2-8-4-6(7)5-8/h6H,2-5,7H2,1H3.